The molecule has 0 aliphatic carbocycles. The molecule has 1 aliphatic rings. The summed E-state index contributed by atoms with van der Waals surface area (Å²) in [6.07, 6.45) is 3.85. The molecule has 7 nitrogen and oxygen atoms in total. The molecular formula is C24H24N2O5. The fourth-order valence-corrected chi connectivity index (χ4v) is 3.36. The highest BCUT2D eigenvalue weighted by molar-refractivity contribution is 5.91. The molecule has 0 radical (unpaired) electrons. The van der Waals surface area contributed by atoms with Crippen LogP contribution in [0.4, 0.5) is 0 Å². The number of benzene rings is 2. The third-order valence-electron chi connectivity index (χ3n) is 5.05. The second-order valence-electron chi connectivity index (χ2n) is 7.10. The van der Waals surface area contributed by atoms with E-state index in [1.165, 1.54) is 0 Å². The largest absolute Gasteiger partial charge is 0.486 e. The zero-order chi connectivity index (χ0) is 21.6. The van der Waals surface area contributed by atoms with Crippen molar-refractivity contribution in [2.24, 2.45) is 0 Å². The third-order valence-corrected chi connectivity index (χ3v) is 5.05. The Morgan fingerprint density at radius 3 is 2.42 bits per heavy atom. The Kier molecular flexibility index (Phi) is 6.21. The molecule has 31 heavy (non-hydrogen) atoms. The zero-order valence-corrected chi connectivity index (χ0v) is 17.3. The molecule has 4 rings (SSSR count). The minimum atomic E-state index is -0.525. The van der Waals surface area contributed by atoms with Gasteiger partial charge >= 0.3 is 5.97 Å². The summed E-state index contributed by atoms with van der Waals surface area (Å²) in [6, 6.07) is 16.5. The molecule has 3 aromatic rings. The number of fused-ring (bicyclic) bond motifs is 1. The van der Waals surface area contributed by atoms with Crippen LogP contribution in [-0.2, 0) is 16.1 Å². The number of likely N-dealkylation sites (N-methyl/N-ethyl adjacent to an activating group) is 1. The van der Waals surface area contributed by atoms with Gasteiger partial charge in [0, 0.05) is 31.2 Å². The summed E-state index contributed by atoms with van der Waals surface area (Å²) in [5.41, 5.74) is 2.26. The second kappa shape index (κ2) is 9.38. The highest BCUT2D eigenvalue weighted by Crippen LogP contribution is 2.31. The van der Waals surface area contributed by atoms with Gasteiger partial charge in [-0.1, -0.05) is 6.07 Å². The number of carbonyl (C=O) groups is 2. The fourth-order valence-electron chi connectivity index (χ4n) is 3.36. The van der Waals surface area contributed by atoms with E-state index in [4.69, 9.17) is 14.2 Å². The molecule has 0 spiro atoms. The minimum Gasteiger partial charge on any atom is -0.486 e. The molecule has 2 heterocycles. The summed E-state index contributed by atoms with van der Waals surface area (Å²) in [5.74, 6) is 0.612. The molecule has 7 heteroatoms. The van der Waals surface area contributed by atoms with Gasteiger partial charge in [-0.05, 0) is 61.0 Å². The highest BCUT2D eigenvalue weighted by Gasteiger charge is 2.18. The van der Waals surface area contributed by atoms with E-state index < -0.39 is 5.97 Å². The molecule has 1 aromatic heterocycles. The van der Waals surface area contributed by atoms with Gasteiger partial charge in [0.25, 0.3) is 5.91 Å². The van der Waals surface area contributed by atoms with Gasteiger partial charge in [0.15, 0.2) is 18.1 Å². The average Bonchev–Trinajstić information content (AvgIpc) is 3.36. The molecule has 2 aromatic carbocycles. The van der Waals surface area contributed by atoms with Crippen LogP contribution in [0, 0.1) is 0 Å². The predicted octanol–water partition coefficient (Wildman–Crippen LogP) is 3.45. The molecule has 0 bridgehead atoms. The molecule has 0 unspecified atom stereocenters. The number of hydrogen-bond donors (Lipinski definition) is 0. The number of amides is 1. The van der Waals surface area contributed by atoms with Crippen molar-refractivity contribution in [1.29, 1.82) is 0 Å². The lowest BCUT2D eigenvalue weighted by molar-refractivity contribution is -0.134. The van der Waals surface area contributed by atoms with Crippen molar-refractivity contribution in [1.82, 2.24) is 9.47 Å². The van der Waals surface area contributed by atoms with E-state index in [9.17, 15) is 9.59 Å². The van der Waals surface area contributed by atoms with Gasteiger partial charge in [-0.15, -0.1) is 0 Å². The summed E-state index contributed by atoms with van der Waals surface area (Å²) in [5, 5.41) is 0. The normalized spacial score (nSPS) is 12.3. The standard InChI is InChI=1S/C24H24N2O5/c1-2-25(16-18-5-10-21-22(15-18)30-14-13-29-21)23(27)17-31-24(28)19-6-8-20(9-7-19)26-11-3-4-12-26/h3-12,15H,2,13-14,16-17H2,1H3. The van der Waals surface area contributed by atoms with E-state index >= 15 is 0 Å². The quantitative estimate of drug-likeness (QED) is 0.548. The maximum absolute atomic E-state index is 12.6. The first-order valence-electron chi connectivity index (χ1n) is 10.2. The van der Waals surface area contributed by atoms with E-state index in [1.807, 2.05) is 66.3 Å². The molecule has 0 N–H and O–H groups in total. The first-order valence-corrected chi connectivity index (χ1v) is 10.2. The predicted molar refractivity (Wildman–Crippen MR) is 115 cm³/mol. The summed E-state index contributed by atoms with van der Waals surface area (Å²) >= 11 is 0. The molecule has 0 saturated carbocycles. The molecule has 0 fully saturated rings. The summed E-state index contributed by atoms with van der Waals surface area (Å²) in [7, 11) is 0. The Labute approximate surface area is 180 Å². The van der Waals surface area contributed by atoms with Crippen molar-refractivity contribution in [3.63, 3.8) is 0 Å². The van der Waals surface area contributed by atoms with Crippen LogP contribution >= 0.6 is 0 Å². The molecule has 160 valence electrons. The molecule has 0 atom stereocenters. The monoisotopic (exact) mass is 420 g/mol. The smallest absolute Gasteiger partial charge is 0.338 e. The topological polar surface area (TPSA) is 70.0 Å². The maximum Gasteiger partial charge on any atom is 0.338 e. The van der Waals surface area contributed by atoms with E-state index in [0.717, 1.165) is 11.3 Å². The van der Waals surface area contributed by atoms with Gasteiger partial charge < -0.3 is 23.7 Å². The van der Waals surface area contributed by atoms with Crippen molar-refractivity contribution < 1.29 is 23.8 Å². The Bertz CT molecular complexity index is 1040. The zero-order valence-electron chi connectivity index (χ0n) is 17.3. The van der Waals surface area contributed by atoms with Crippen molar-refractivity contribution in [3.05, 3.63) is 78.1 Å². The first kappa shape index (κ1) is 20.5. The Morgan fingerprint density at radius 2 is 1.71 bits per heavy atom. The molecule has 1 amide bonds. The molecular weight excluding hydrogens is 396 g/mol. The van der Waals surface area contributed by atoms with Crippen LogP contribution in [0.25, 0.3) is 5.69 Å². The van der Waals surface area contributed by atoms with Gasteiger partial charge in [0.05, 0.1) is 5.56 Å². The van der Waals surface area contributed by atoms with Crippen LogP contribution in [-0.4, -0.2) is 47.7 Å². The lowest BCUT2D eigenvalue weighted by atomic mass is 10.1. The van der Waals surface area contributed by atoms with E-state index in [0.29, 0.717) is 43.4 Å². The van der Waals surface area contributed by atoms with Crippen molar-refractivity contribution >= 4 is 11.9 Å². The fraction of sp³-hybridized carbons (Fsp3) is 0.250. The SMILES string of the molecule is CCN(Cc1ccc2c(c1)OCCO2)C(=O)COC(=O)c1ccc(-n2cccc2)cc1. The number of hydrogen-bond acceptors (Lipinski definition) is 5. The van der Waals surface area contributed by atoms with Gasteiger partial charge in [-0.25, -0.2) is 4.79 Å². The summed E-state index contributed by atoms with van der Waals surface area (Å²) in [4.78, 5) is 26.6. The first-order chi connectivity index (χ1) is 15.1. The number of carbonyl (C=O) groups excluding carboxylic acids is 2. The van der Waals surface area contributed by atoms with Crippen LogP contribution in [0.3, 0.4) is 0 Å². The number of ether oxygens (including phenoxy) is 3. The molecule has 1 aliphatic heterocycles. The Morgan fingerprint density at radius 1 is 1.00 bits per heavy atom. The van der Waals surface area contributed by atoms with E-state index in [1.54, 1.807) is 17.0 Å². The number of aromatic nitrogens is 1. The lowest BCUT2D eigenvalue weighted by Gasteiger charge is -2.23. The summed E-state index contributed by atoms with van der Waals surface area (Å²) in [6.45, 7) is 3.52. The van der Waals surface area contributed by atoms with Gasteiger partial charge in [0.2, 0.25) is 0 Å². The second-order valence-corrected chi connectivity index (χ2v) is 7.10. The Hall–Kier alpha value is -3.74. The van der Waals surface area contributed by atoms with Gasteiger partial charge in [-0.2, -0.15) is 0 Å². The number of esters is 1. The lowest BCUT2D eigenvalue weighted by Crippen LogP contribution is -2.34. The minimum absolute atomic E-state index is 0.255. The number of nitrogens with zero attached hydrogens (tertiary/aromatic N) is 2. The summed E-state index contributed by atoms with van der Waals surface area (Å²) < 4.78 is 18.3. The van der Waals surface area contributed by atoms with Crippen LogP contribution < -0.4 is 9.47 Å². The van der Waals surface area contributed by atoms with Crippen LogP contribution in [0.15, 0.2) is 67.0 Å². The van der Waals surface area contributed by atoms with Crippen molar-refractivity contribution in [2.45, 2.75) is 13.5 Å². The molecule has 0 saturated heterocycles. The highest BCUT2D eigenvalue weighted by atomic mass is 16.6. The Balaban J connectivity index is 1.33. The van der Waals surface area contributed by atoms with Gasteiger partial charge in [0.1, 0.15) is 13.2 Å². The van der Waals surface area contributed by atoms with E-state index in [-0.39, 0.29) is 12.5 Å². The average molecular weight is 420 g/mol. The third kappa shape index (κ3) is 4.88. The number of rotatable bonds is 7. The van der Waals surface area contributed by atoms with Crippen LogP contribution in [0.5, 0.6) is 11.5 Å². The van der Waals surface area contributed by atoms with Crippen molar-refractivity contribution in [2.75, 3.05) is 26.4 Å². The van der Waals surface area contributed by atoms with E-state index in [2.05, 4.69) is 0 Å². The van der Waals surface area contributed by atoms with Gasteiger partial charge in [-0.3, -0.25) is 4.79 Å². The van der Waals surface area contributed by atoms with Crippen LogP contribution in [0.1, 0.15) is 22.8 Å². The maximum atomic E-state index is 12.6. The van der Waals surface area contributed by atoms with Crippen LogP contribution in [0.2, 0.25) is 0 Å². The van der Waals surface area contributed by atoms with Crippen molar-refractivity contribution in [3.8, 4) is 17.2 Å².